The van der Waals surface area contributed by atoms with Crippen molar-refractivity contribution in [3.8, 4) is 94.7 Å². The Morgan fingerprint density at radius 1 is 0.178 bits per heavy atom. The van der Waals surface area contributed by atoms with Crippen molar-refractivity contribution in [1.29, 1.82) is 0 Å². The second-order valence-corrected chi connectivity index (χ2v) is 40.5. The second kappa shape index (κ2) is 30.9. The molecule has 2 spiro atoms. The van der Waals surface area contributed by atoms with Crippen LogP contribution in [0.2, 0.25) is 0 Å². The van der Waals surface area contributed by atoms with Gasteiger partial charge in [0.1, 0.15) is 0 Å². The van der Waals surface area contributed by atoms with E-state index in [0.717, 1.165) is 50.9 Å². The molecule has 0 aliphatic heterocycles. The van der Waals surface area contributed by atoms with Crippen molar-refractivity contribution >= 4 is 142 Å². The molecule has 32 rings (SSSR count). The molecular weight excluding hydrogens is 1760 g/mol. The van der Waals surface area contributed by atoms with E-state index in [9.17, 15) is 0 Å². The minimum absolute atomic E-state index is 0.0894. The van der Waals surface area contributed by atoms with E-state index in [1.54, 1.807) is 0 Å². The summed E-state index contributed by atoms with van der Waals surface area (Å²) in [5, 5.41) is 22.2. The molecular formula is C143H87N3. The van der Waals surface area contributed by atoms with Crippen LogP contribution in [0.5, 0.6) is 0 Å². The Morgan fingerprint density at radius 2 is 0.527 bits per heavy atom. The van der Waals surface area contributed by atoms with Gasteiger partial charge in [0.2, 0.25) is 0 Å². The highest BCUT2D eigenvalue weighted by atomic mass is 15.1. The van der Waals surface area contributed by atoms with Gasteiger partial charge in [-0.3, -0.25) is 0 Å². The van der Waals surface area contributed by atoms with Crippen molar-refractivity contribution in [2.24, 2.45) is 0 Å². The first-order valence-electron chi connectivity index (χ1n) is 51.1. The maximum absolute atomic E-state index is 2.56. The van der Waals surface area contributed by atoms with Gasteiger partial charge >= 0.3 is 0 Å². The molecule has 0 saturated carbocycles. The van der Waals surface area contributed by atoms with Crippen molar-refractivity contribution < 1.29 is 0 Å². The van der Waals surface area contributed by atoms with Crippen LogP contribution in [0.25, 0.3) is 203 Å². The molecule has 0 N–H and O–H groups in total. The molecule has 1 aromatic heterocycles. The average Bonchev–Trinajstić information content (AvgIpc) is 1.51. The van der Waals surface area contributed by atoms with Crippen molar-refractivity contribution in [3.63, 3.8) is 0 Å². The standard InChI is InChI=1S/C143H87N3/c1-3-30-90(31-4-1)138-120-48-17-18-49-121(120)140-122(82-94-32-8-10-36-103(94)141(138)140)89-57-65-97(66-58-89)145(100-69-74-118-117-47-23-28-54-132(117)142(134(118)85-100)128-50-24-19-43-113(128)114-44-20-25-51-129(114)142)99-68-73-112-110-71-59-92(79-123(110)108-41-15-16-42-109(108)125(112)84-99)93-60-76-133-126(80-93)119-75-70-101(86-135(119)143(133)130-52-26-21-45-115(130)116-46-22-27-53-131(116)143)144(98-67-72-111-106-39-12-11-37-104(106)105-38-13-14-40-107(105)124(111)83-98)96-63-55-87(56-64-96)91-62-77-136-127(81-91)139-102-35-9-7-29-88(102)61-78-137(139)146(136)95-33-5-2-6-34-95/h1-86,138H. The summed E-state index contributed by atoms with van der Waals surface area (Å²) in [5.41, 5.74) is 43.0. The zero-order valence-corrected chi connectivity index (χ0v) is 79.6. The van der Waals surface area contributed by atoms with Crippen LogP contribution in [0.15, 0.2) is 522 Å². The fraction of sp³-hybridized carbons (Fsp3) is 0.0210. The summed E-state index contributed by atoms with van der Waals surface area (Å²) in [5.74, 6) is 0.0894. The number of anilines is 6. The summed E-state index contributed by atoms with van der Waals surface area (Å²) in [6.07, 6.45) is 0. The number of para-hydroxylation sites is 1. The lowest BCUT2D eigenvalue weighted by molar-refractivity contribution is 0.793. The average molecular weight is 1850 g/mol. The largest absolute Gasteiger partial charge is 0.310 e. The summed E-state index contributed by atoms with van der Waals surface area (Å²) in [7, 11) is 0. The van der Waals surface area contributed by atoms with Gasteiger partial charge in [0.25, 0.3) is 0 Å². The molecule has 1 atom stereocenters. The number of hydrogen-bond acceptors (Lipinski definition) is 2. The molecule has 0 fully saturated rings. The molecule has 3 nitrogen and oxygen atoms in total. The Morgan fingerprint density at radius 3 is 1.07 bits per heavy atom. The summed E-state index contributed by atoms with van der Waals surface area (Å²) >= 11 is 0. The molecule has 26 aromatic carbocycles. The van der Waals surface area contributed by atoms with E-state index in [2.05, 4.69) is 536 Å². The van der Waals surface area contributed by atoms with E-state index < -0.39 is 10.8 Å². The van der Waals surface area contributed by atoms with Gasteiger partial charge in [0, 0.05) is 56.5 Å². The van der Waals surface area contributed by atoms with Gasteiger partial charge in [-0.1, -0.05) is 400 Å². The van der Waals surface area contributed by atoms with Gasteiger partial charge in [-0.25, -0.2) is 0 Å². The molecule has 1 heterocycles. The van der Waals surface area contributed by atoms with Gasteiger partial charge in [0.15, 0.2) is 0 Å². The predicted octanol–water partition coefficient (Wildman–Crippen LogP) is 37.8. The maximum atomic E-state index is 2.56. The Labute approximate surface area is 844 Å². The minimum Gasteiger partial charge on any atom is -0.310 e. The number of aromatic nitrogens is 1. The smallest absolute Gasteiger partial charge is 0.0726 e. The Balaban J connectivity index is 0.550. The molecule has 1 unspecified atom stereocenters. The summed E-state index contributed by atoms with van der Waals surface area (Å²) in [4.78, 5) is 5.07. The first-order chi connectivity index (χ1) is 72.4. The molecule has 0 amide bonds. The van der Waals surface area contributed by atoms with Crippen molar-refractivity contribution in [1.82, 2.24) is 4.57 Å². The zero-order chi connectivity index (χ0) is 95.3. The van der Waals surface area contributed by atoms with Crippen LogP contribution >= 0.6 is 0 Å². The van der Waals surface area contributed by atoms with Crippen LogP contribution in [0.1, 0.15) is 67.1 Å². The predicted molar refractivity (Wildman–Crippen MR) is 612 cm³/mol. The first kappa shape index (κ1) is 80.9. The van der Waals surface area contributed by atoms with Gasteiger partial charge < -0.3 is 14.4 Å². The van der Waals surface area contributed by atoms with E-state index in [0.29, 0.717) is 0 Å². The fourth-order valence-electron chi connectivity index (χ4n) is 27.6. The van der Waals surface area contributed by atoms with Gasteiger partial charge in [-0.15, -0.1) is 0 Å². The van der Waals surface area contributed by atoms with E-state index in [1.165, 1.54) is 247 Å². The molecule has 5 aliphatic carbocycles. The lowest BCUT2D eigenvalue weighted by Crippen LogP contribution is -2.26. The topological polar surface area (TPSA) is 11.4 Å². The van der Waals surface area contributed by atoms with Crippen LogP contribution < -0.4 is 9.80 Å². The molecule has 674 valence electrons. The van der Waals surface area contributed by atoms with Gasteiger partial charge in [-0.2, -0.15) is 0 Å². The number of benzene rings is 26. The van der Waals surface area contributed by atoms with Crippen LogP contribution in [0, 0.1) is 0 Å². The summed E-state index contributed by atoms with van der Waals surface area (Å²) in [6.45, 7) is 0. The highest BCUT2D eigenvalue weighted by Crippen LogP contribution is 2.67. The molecule has 27 aromatic rings. The van der Waals surface area contributed by atoms with Crippen molar-refractivity contribution in [2.45, 2.75) is 16.7 Å². The van der Waals surface area contributed by atoms with Crippen LogP contribution in [-0.2, 0) is 10.8 Å². The number of hydrogen-bond donors (Lipinski definition) is 0. The SMILES string of the molecule is c1ccc(C2c3ccccc3-c3c(-c4ccc(N(c5ccc6c(c5)C5(c7ccccc7-c7ccccc75)c5ccccc5-6)c5ccc6c7ccc(-c8ccc9c(c8)-c8ccc(N(c%10ccc(-c%11ccc%12c(c%11)c%11c%13ccccc%13ccc%11n%12-c%11ccccc%11)cc%10)c%10ccc%11c%12ccccc%12c%12ccccc%12c%11c%10)cc8C98c9ccccc9-c9ccccc98)cc7c7ccccc7c6c5)cc4)cc4ccccc4c32)cc1. The molecule has 0 saturated heterocycles. The Hall–Kier alpha value is -18.8. The zero-order valence-electron chi connectivity index (χ0n) is 79.6. The highest BCUT2D eigenvalue weighted by molar-refractivity contribution is 6.29. The number of fused-ring (bicyclic) bond motifs is 42. The summed E-state index contributed by atoms with van der Waals surface area (Å²) in [6, 6.07) is 199. The minimum atomic E-state index is -0.661. The monoisotopic (exact) mass is 1850 g/mol. The number of rotatable bonds is 11. The Bertz CT molecular complexity index is 10200. The maximum Gasteiger partial charge on any atom is 0.0726 e. The van der Waals surface area contributed by atoms with E-state index >= 15 is 0 Å². The molecule has 3 heteroatoms. The Kier molecular flexibility index (Phi) is 17.1. The molecule has 0 radical (unpaired) electrons. The number of nitrogens with zero attached hydrogens (tertiary/aromatic N) is 3. The van der Waals surface area contributed by atoms with Crippen molar-refractivity contribution in [2.75, 3.05) is 9.80 Å². The third-order valence-electron chi connectivity index (χ3n) is 33.6. The third kappa shape index (κ3) is 11.3. The lowest BCUT2D eigenvalue weighted by Gasteiger charge is -2.32. The van der Waals surface area contributed by atoms with E-state index in [4.69, 9.17) is 0 Å². The van der Waals surface area contributed by atoms with Gasteiger partial charge in [0.05, 0.1) is 21.9 Å². The fourth-order valence-corrected chi connectivity index (χ4v) is 27.6. The van der Waals surface area contributed by atoms with Crippen molar-refractivity contribution in [3.05, 3.63) is 583 Å². The van der Waals surface area contributed by atoms with E-state index in [-0.39, 0.29) is 5.92 Å². The quantitative estimate of drug-likeness (QED) is 0.120. The first-order valence-corrected chi connectivity index (χ1v) is 51.1. The normalized spacial score (nSPS) is 13.8. The summed E-state index contributed by atoms with van der Waals surface area (Å²) < 4.78 is 2.43. The molecule has 5 aliphatic rings. The van der Waals surface area contributed by atoms with E-state index in [1.807, 2.05) is 0 Å². The molecule has 0 bridgehead atoms. The lowest BCUT2D eigenvalue weighted by atomic mass is 9.70. The highest BCUT2D eigenvalue weighted by Gasteiger charge is 2.54. The van der Waals surface area contributed by atoms with Crippen LogP contribution in [-0.4, -0.2) is 4.57 Å². The molecule has 146 heavy (non-hydrogen) atoms. The van der Waals surface area contributed by atoms with Gasteiger partial charge in [-0.05, 0) is 358 Å². The van der Waals surface area contributed by atoms with Crippen LogP contribution in [0.3, 0.4) is 0 Å². The van der Waals surface area contributed by atoms with Crippen LogP contribution in [0.4, 0.5) is 34.1 Å². The third-order valence-corrected chi connectivity index (χ3v) is 33.6. The second-order valence-electron chi connectivity index (χ2n) is 40.5.